The Labute approximate surface area is 170 Å². The van der Waals surface area contributed by atoms with Crippen molar-refractivity contribution >= 4 is 35.0 Å². The van der Waals surface area contributed by atoms with E-state index in [4.69, 9.17) is 21.9 Å². The summed E-state index contributed by atoms with van der Waals surface area (Å²) in [6.45, 7) is 1.75. The molecule has 1 atom stereocenters. The Morgan fingerprint density at radius 3 is 2.75 bits per heavy atom. The van der Waals surface area contributed by atoms with Gasteiger partial charge in [0.1, 0.15) is 17.6 Å². The van der Waals surface area contributed by atoms with Crippen LogP contribution in [0.15, 0.2) is 57.3 Å². The second-order valence-corrected chi connectivity index (χ2v) is 7.59. The first-order valence-corrected chi connectivity index (χ1v) is 9.88. The number of rotatable bonds is 5. The number of halogens is 1. The Bertz CT molecular complexity index is 1020. The van der Waals surface area contributed by atoms with E-state index in [2.05, 4.69) is 15.3 Å². The minimum absolute atomic E-state index is 0.129. The highest BCUT2D eigenvalue weighted by Gasteiger charge is 2.34. The van der Waals surface area contributed by atoms with Crippen LogP contribution in [0.25, 0.3) is 0 Å². The van der Waals surface area contributed by atoms with Crippen LogP contribution in [0.4, 0.5) is 0 Å². The molecule has 1 aliphatic rings. The van der Waals surface area contributed by atoms with E-state index in [0.29, 0.717) is 28.2 Å². The van der Waals surface area contributed by atoms with Gasteiger partial charge in [0.2, 0.25) is 5.16 Å². The zero-order chi connectivity index (χ0) is 19.7. The lowest BCUT2D eigenvalue weighted by Crippen LogP contribution is -2.28. The van der Waals surface area contributed by atoms with E-state index < -0.39 is 0 Å². The SMILES string of the molecule is Cc1nnc(SCC(=O)N2N=C(c3ccc(Cl)cc3)C[C@H]2c2ccco2)n1N. The zero-order valence-electron chi connectivity index (χ0n) is 14.9. The fourth-order valence-corrected chi connectivity index (χ4v) is 3.78. The minimum Gasteiger partial charge on any atom is -0.467 e. The molecule has 2 aromatic heterocycles. The number of nitrogens with zero attached hydrogens (tertiary/aromatic N) is 5. The molecule has 1 aromatic carbocycles. The zero-order valence-corrected chi connectivity index (χ0v) is 16.5. The number of benzene rings is 1. The highest BCUT2D eigenvalue weighted by molar-refractivity contribution is 7.99. The summed E-state index contributed by atoms with van der Waals surface area (Å²) in [4.78, 5) is 12.9. The third kappa shape index (κ3) is 3.63. The Morgan fingerprint density at radius 1 is 1.32 bits per heavy atom. The van der Waals surface area contributed by atoms with Gasteiger partial charge in [0.15, 0.2) is 0 Å². The van der Waals surface area contributed by atoms with E-state index in [1.807, 2.05) is 18.2 Å². The summed E-state index contributed by atoms with van der Waals surface area (Å²) in [6.07, 6.45) is 2.14. The van der Waals surface area contributed by atoms with Crippen LogP contribution in [0.3, 0.4) is 0 Å². The number of carbonyl (C=O) groups is 1. The predicted octanol–water partition coefficient (Wildman–Crippen LogP) is 3.02. The molecular formula is C18H17ClN6O2S. The summed E-state index contributed by atoms with van der Waals surface area (Å²) < 4.78 is 6.90. The molecule has 0 bridgehead atoms. The average molecular weight is 417 g/mol. The van der Waals surface area contributed by atoms with Gasteiger partial charge in [-0.15, -0.1) is 10.2 Å². The average Bonchev–Trinajstić information content (AvgIpc) is 3.42. The van der Waals surface area contributed by atoms with Crippen molar-refractivity contribution < 1.29 is 9.21 Å². The van der Waals surface area contributed by atoms with Crippen molar-refractivity contribution in [1.82, 2.24) is 19.9 Å². The molecule has 3 aromatic rings. The van der Waals surface area contributed by atoms with Gasteiger partial charge in [0, 0.05) is 11.4 Å². The molecule has 0 saturated carbocycles. The number of carbonyl (C=O) groups excluding carboxylic acids is 1. The Hall–Kier alpha value is -2.78. The summed E-state index contributed by atoms with van der Waals surface area (Å²) in [5.74, 6) is 7.07. The largest absolute Gasteiger partial charge is 0.467 e. The molecule has 2 N–H and O–H groups in total. The van der Waals surface area contributed by atoms with E-state index >= 15 is 0 Å². The third-order valence-electron chi connectivity index (χ3n) is 4.37. The number of furan rings is 1. The molecule has 1 amide bonds. The first-order valence-electron chi connectivity index (χ1n) is 8.51. The van der Waals surface area contributed by atoms with E-state index in [1.54, 1.807) is 31.4 Å². The summed E-state index contributed by atoms with van der Waals surface area (Å²) >= 11 is 7.19. The highest BCUT2D eigenvalue weighted by Crippen LogP contribution is 2.34. The molecule has 8 nitrogen and oxygen atoms in total. The monoisotopic (exact) mass is 416 g/mol. The van der Waals surface area contributed by atoms with E-state index in [9.17, 15) is 4.79 Å². The molecule has 0 spiro atoms. The normalized spacial score (nSPS) is 16.4. The topological polar surface area (TPSA) is 103 Å². The van der Waals surface area contributed by atoms with Crippen LogP contribution < -0.4 is 5.84 Å². The van der Waals surface area contributed by atoms with Crippen molar-refractivity contribution in [2.45, 2.75) is 24.5 Å². The van der Waals surface area contributed by atoms with Crippen LogP contribution in [0.5, 0.6) is 0 Å². The van der Waals surface area contributed by atoms with Gasteiger partial charge in [-0.1, -0.05) is 35.5 Å². The van der Waals surface area contributed by atoms with Gasteiger partial charge in [0.05, 0.1) is 17.7 Å². The Balaban J connectivity index is 1.56. The van der Waals surface area contributed by atoms with E-state index in [-0.39, 0.29) is 17.7 Å². The quantitative estimate of drug-likeness (QED) is 0.506. The van der Waals surface area contributed by atoms with Crippen molar-refractivity contribution in [3.63, 3.8) is 0 Å². The fourth-order valence-electron chi connectivity index (χ4n) is 2.90. The van der Waals surface area contributed by atoms with E-state index in [1.165, 1.54) is 21.4 Å². The summed E-state index contributed by atoms with van der Waals surface area (Å²) in [5.41, 5.74) is 1.72. The van der Waals surface area contributed by atoms with Crippen molar-refractivity contribution in [2.24, 2.45) is 5.10 Å². The molecular weight excluding hydrogens is 400 g/mol. The number of hydrazone groups is 1. The van der Waals surface area contributed by atoms with E-state index in [0.717, 1.165) is 11.3 Å². The number of hydrogen-bond acceptors (Lipinski definition) is 7. The molecule has 3 heterocycles. The van der Waals surface area contributed by atoms with Crippen molar-refractivity contribution in [1.29, 1.82) is 0 Å². The number of nitrogen functional groups attached to an aromatic ring is 1. The summed E-state index contributed by atoms with van der Waals surface area (Å²) in [6, 6.07) is 10.7. The molecule has 4 rings (SSSR count). The van der Waals surface area contributed by atoms with Gasteiger partial charge < -0.3 is 10.3 Å². The Morgan fingerprint density at radius 2 is 2.11 bits per heavy atom. The lowest BCUT2D eigenvalue weighted by molar-refractivity contribution is -0.130. The molecule has 1 aliphatic heterocycles. The molecule has 28 heavy (non-hydrogen) atoms. The summed E-state index contributed by atoms with van der Waals surface area (Å²) in [5, 5.41) is 15.0. The number of hydrogen-bond donors (Lipinski definition) is 1. The van der Waals surface area contributed by atoms with Crippen LogP contribution in [-0.2, 0) is 4.79 Å². The molecule has 0 unspecified atom stereocenters. The second kappa shape index (κ2) is 7.69. The maximum absolute atomic E-state index is 12.9. The first kappa shape index (κ1) is 18.6. The van der Waals surface area contributed by atoms with Crippen LogP contribution >= 0.6 is 23.4 Å². The number of thioether (sulfide) groups is 1. The van der Waals surface area contributed by atoms with Gasteiger partial charge in [0.25, 0.3) is 5.91 Å². The number of amides is 1. The highest BCUT2D eigenvalue weighted by atomic mass is 35.5. The molecule has 0 radical (unpaired) electrons. The van der Waals surface area contributed by atoms with Gasteiger partial charge in [-0.25, -0.2) is 9.69 Å². The molecule has 144 valence electrons. The van der Waals surface area contributed by atoms with Crippen LogP contribution in [0, 0.1) is 6.92 Å². The molecule has 0 aliphatic carbocycles. The summed E-state index contributed by atoms with van der Waals surface area (Å²) in [7, 11) is 0. The third-order valence-corrected chi connectivity index (χ3v) is 5.55. The van der Waals surface area contributed by atoms with Crippen molar-refractivity contribution in [3.8, 4) is 0 Å². The van der Waals surface area contributed by atoms with Gasteiger partial charge >= 0.3 is 0 Å². The fraction of sp³-hybridized carbons (Fsp3) is 0.222. The van der Waals surface area contributed by atoms with Gasteiger partial charge in [-0.2, -0.15) is 5.10 Å². The second-order valence-electron chi connectivity index (χ2n) is 6.22. The predicted molar refractivity (Wildman–Crippen MR) is 107 cm³/mol. The number of nitrogens with two attached hydrogens (primary N) is 1. The lowest BCUT2D eigenvalue weighted by atomic mass is 10.0. The van der Waals surface area contributed by atoms with Crippen molar-refractivity contribution in [3.05, 3.63) is 64.8 Å². The Kier molecular flexibility index (Phi) is 5.10. The van der Waals surface area contributed by atoms with Gasteiger partial charge in [-0.05, 0) is 36.8 Å². The van der Waals surface area contributed by atoms with Crippen LogP contribution in [0.2, 0.25) is 5.02 Å². The number of aryl methyl sites for hydroxylation is 1. The minimum atomic E-state index is -0.300. The number of aromatic nitrogens is 3. The van der Waals surface area contributed by atoms with Crippen LogP contribution in [0.1, 0.15) is 29.6 Å². The maximum Gasteiger partial charge on any atom is 0.253 e. The lowest BCUT2D eigenvalue weighted by Gasteiger charge is -2.19. The molecule has 10 heteroatoms. The van der Waals surface area contributed by atoms with Crippen molar-refractivity contribution in [2.75, 3.05) is 11.6 Å². The maximum atomic E-state index is 12.9. The molecule has 0 fully saturated rings. The molecule has 0 saturated heterocycles. The standard InChI is InChI=1S/C18H17ClN6O2S/c1-11-21-22-18(24(11)20)28-10-17(26)25-15(16-3-2-8-27-16)9-14(23-25)12-4-6-13(19)7-5-12/h2-8,15H,9-10,20H2,1H3/t15-/m0/s1. The van der Waals surface area contributed by atoms with Crippen LogP contribution in [-0.4, -0.2) is 37.3 Å². The smallest absolute Gasteiger partial charge is 0.253 e. The first-order chi connectivity index (χ1) is 13.5. The van der Waals surface area contributed by atoms with Gasteiger partial charge in [-0.3, -0.25) is 4.79 Å².